The van der Waals surface area contributed by atoms with Crippen LogP contribution in [0.15, 0.2) is 35.0 Å². The highest BCUT2D eigenvalue weighted by Gasteiger charge is 2.39. The van der Waals surface area contributed by atoms with Crippen molar-refractivity contribution >= 4 is 23.7 Å². The normalized spacial score (nSPS) is 13.6. The molecule has 0 spiro atoms. The minimum atomic E-state index is -4.91. The van der Waals surface area contributed by atoms with Crippen molar-refractivity contribution in [1.82, 2.24) is 0 Å². The summed E-state index contributed by atoms with van der Waals surface area (Å²) in [5, 5.41) is 3.19. The molecule has 0 saturated heterocycles. The molecule has 0 aliphatic carbocycles. The minimum absolute atomic E-state index is 0. The quantitative estimate of drug-likeness (QED) is 0.726. The summed E-state index contributed by atoms with van der Waals surface area (Å²) in [4.78, 5) is 0. The Morgan fingerprint density at radius 3 is 2.05 bits per heavy atom. The zero-order chi connectivity index (χ0) is 15.8. The summed E-state index contributed by atoms with van der Waals surface area (Å²) in [5.41, 5.74) is 3.07. The second-order valence-corrected chi connectivity index (χ2v) is 5.11. The second-order valence-electron chi connectivity index (χ2n) is 4.33. The van der Waals surface area contributed by atoms with E-state index in [2.05, 4.69) is 0 Å². The van der Waals surface area contributed by atoms with Gasteiger partial charge in [-0.25, -0.2) is 0 Å². The fourth-order valence-corrected chi connectivity index (χ4v) is 2.58. The third-order valence-electron chi connectivity index (χ3n) is 2.92. The van der Waals surface area contributed by atoms with Crippen LogP contribution in [-0.4, -0.2) is 0 Å². The largest absolute Gasteiger partial charge is 0.416 e. The highest BCUT2D eigenvalue weighted by Crippen LogP contribution is 2.40. The van der Waals surface area contributed by atoms with Gasteiger partial charge < -0.3 is 5.73 Å². The van der Waals surface area contributed by atoms with E-state index in [1.54, 1.807) is 10.8 Å². The third-order valence-corrected chi connectivity index (χ3v) is 3.62. The van der Waals surface area contributed by atoms with Crippen molar-refractivity contribution in [2.75, 3.05) is 0 Å². The molecule has 0 radical (unpaired) electrons. The van der Waals surface area contributed by atoms with Gasteiger partial charge in [0.15, 0.2) is 0 Å². The van der Waals surface area contributed by atoms with Gasteiger partial charge in [0.2, 0.25) is 0 Å². The molecule has 0 saturated carbocycles. The summed E-state index contributed by atoms with van der Waals surface area (Å²) in [6.07, 6.45) is -9.75. The molecule has 22 heavy (non-hydrogen) atoms. The first-order valence-corrected chi connectivity index (χ1v) is 6.61. The van der Waals surface area contributed by atoms with Crippen LogP contribution in [0, 0.1) is 0 Å². The summed E-state index contributed by atoms with van der Waals surface area (Å²) < 4.78 is 76.7. The maximum Gasteiger partial charge on any atom is 0.416 e. The Balaban J connectivity index is 0.00000242. The molecule has 0 aliphatic heterocycles. The summed E-state index contributed by atoms with van der Waals surface area (Å²) in [6, 6.07) is 1.90. The Hall–Kier alpha value is -1.25. The molecular weight excluding hydrogens is 352 g/mol. The van der Waals surface area contributed by atoms with E-state index in [-0.39, 0.29) is 24.0 Å². The van der Waals surface area contributed by atoms with Gasteiger partial charge >= 0.3 is 12.4 Å². The van der Waals surface area contributed by atoms with Gasteiger partial charge in [0.1, 0.15) is 0 Å². The van der Waals surface area contributed by atoms with E-state index in [1.807, 2.05) is 0 Å². The van der Waals surface area contributed by atoms with E-state index in [0.717, 1.165) is 6.07 Å². The van der Waals surface area contributed by atoms with E-state index < -0.39 is 29.5 Å². The topological polar surface area (TPSA) is 26.0 Å². The molecule has 0 aliphatic rings. The fraction of sp³-hybridized carbons (Fsp3) is 0.231. The van der Waals surface area contributed by atoms with Gasteiger partial charge in [0.05, 0.1) is 17.2 Å². The summed E-state index contributed by atoms with van der Waals surface area (Å²) >= 11 is 1.24. The standard InChI is InChI=1S/C13H9F6NS.ClH/c14-12(15,16)8-1-2-9(10(5-8)13(17,18)19)11(20)7-3-4-21-6-7;/h1-6,11H,20H2;1H/t11-;/m0./s1. The lowest BCUT2D eigenvalue weighted by molar-refractivity contribution is -0.143. The van der Waals surface area contributed by atoms with Gasteiger partial charge in [-0.05, 0) is 40.1 Å². The second kappa shape index (κ2) is 6.47. The Labute approximate surface area is 132 Å². The molecule has 2 rings (SSSR count). The predicted molar refractivity (Wildman–Crippen MR) is 74.0 cm³/mol. The molecule has 1 heterocycles. The molecule has 0 fully saturated rings. The molecular formula is C13H10ClF6NS. The van der Waals surface area contributed by atoms with Crippen LogP contribution >= 0.6 is 23.7 Å². The van der Waals surface area contributed by atoms with Gasteiger partial charge in [-0.15, -0.1) is 12.4 Å². The maximum atomic E-state index is 13.0. The molecule has 1 nitrogen and oxygen atoms in total. The van der Waals surface area contributed by atoms with Gasteiger partial charge in [-0.3, -0.25) is 0 Å². The number of benzene rings is 1. The first-order chi connectivity index (χ1) is 9.60. The van der Waals surface area contributed by atoms with Crippen LogP contribution in [0.1, 0.15) is 28.3 Å². The lowest BCUT2D eigenvalue weighted by Crippen LogP contribution is -2.19. The Morgan fingerprint density at radius 1 is 0.955 bits per heavy atom. The van der Waals surface area contributed by atoms with Gasteiger partial charge in [-0.1, -0.05) is 6.07 Å². The number of nitrogens with two attached hydrogens (primary N) is 1. The monoisotopic (exact) mass is 361 g/mol. The van der Waals surface area contributed by atoms with Crippen molar-refractivity contribution in [1.29, 1.82) is 0 Å². The smallest absolute Gasteiger partial charge is 0.320 e. The number of rotatable bonds is 2. The van der Waals surface area contributed by atoms with Crippen molar-refractivity contribution in [2.45, 2.75) is 18.4 Å². The van der Waals surface area contributed by atoms with E-state index in [0.29, 0.717) is 11.6 Å². The summed E-state index contributed by atoms with van der Waals surface area (Å²) in [7, 11) is 0. The summed E-state index contributed by atoms with van der Waals surface area (Å²) in [5.74, 6) is 0. The minimum Gasteiger partial charge on any atom is -0.320 e. The van der Waals surface area contributed by atoms with Crippen LogP contribution in [-0.2, 0) is 12.4 Å². The van der Waals surface area contributed by atoms with Crippen molar-refractivity contribution < 1.29 is 26.3 Å². The third kappa shape index (κ3) is 3.93. The highest BCUT2D eigenvalue weighted by atomic mass is 35.5. The Bertz CT molecular complexity index is 620. The van der Waals surface area contributed by atoms with Crippen molar-refractivity contribution in [3.8, 4) is 0 Å². The van der Waals surface area contributed by atoms with E-state index in [9.17, 15) is 26.3 Å². The molecule has 1 aromatic heterocycles. The number of hydrogen-bond acceptors (Lipinski definition) is 2. The predicted octanol–water partition coefficient (Wildman–Crippen LogP) is 5.26. The zero-order valence-corrected chi connectivity index (χ0v) is 12.3. The lowest BCUT2D eigenvalue weighted by atomic mass is 9.94. The van der Waals surface area contributed by atoms with Gasteiger partial charge in [0, 0.05) is 0 Å². The molecule has 0 bridgehead atoms. The Morgan fingerprint density at radius 2 is 1.59 bits per heavy atom. The van der Waals surface area contributed by atoms with Crippen molar-refractivity contribution in [2.24, 2.45) is 5.73 Å². The highest BCUT2D eigenvalue weighted by molar-refractivity contribution is 7.08. The van der Waals surface area contributed by atoms with Crippen LogP contribution in [0.5, 0.6) is 0 Å². The van der Waals surface area contributed by atoms with Crippen LogP contribution in [0.3, 0.4) is 0 Å². The number of thiophene rings is 1. The van der Waals surface area contributed by atoms with Gasteiger partial charge in [0.25, 0.3) is 0 Å². The lowest BCUT2D eigenvalue weighted by Gasteiger charge is -2.19. The Kier molecular flexibility index (Phi) is 5.53. The van der Waals surface area contributed by atoms with Crippen LogP contribution in [0.2, 0.25) is 0 Å². The van der Waals surface area contributed by atoms with E-state index in [1.165, 1.54) is 17.4 Å². The molecule has 1 aromatic carbocycles. The number of hydrogen-bond donors (Lipinski definition) is 1. The average molecular weight is 362 g/mol. The van der Waals surface area contributed by atoms with Gasteiger partial charge in [-0.2, -0.15) is 37.7 Å². The zero-order valence-electron chi connectivity index (χ0n) is 10.7. The molecule has 122 valence electrons. The maximum absolute atomic E-state index is 13.0. The first kappa shape index (κ1) is 18.8. The molecule has 0 amide bonds. The fourth-order valence-electron chi connectivity index (χ4n) is 1.88. The summed E-state index contributed by atoms with van der Waals surface area (Å²) in [6.45, 7) is 0. The first-order valence-electron chi connectivity index (χ1n) is 5.66. The molecule has 1 atom stereocenters. The molecule has 0 unspecified atom stereocenters. The van der Waals surface area contributed by atoms with Crippen molar-refractivity contribution in [3.05, 3.63) is 57.3 Å². The SMILES string of the molecule is Cl.N[C@@H](c1ccsc1)c1ccc(C(F)(F)F)cc1C(F)(F)F. The van der Waals surface area contributed by atoms with Crippen LogP contribution in [0.25, 0.3) is 0 Å². The van der Waals surface area contributed by atoms with E-state index in [4.69, 9.17) is 5.73 Å². The van der Waals surface area contributed by atoms with E-state index >= 15 is 0 Å². The molecule has 2 aromatic rings. The molecule has 2 N–H and O–H groups in total. The average Bonchev–Trinajstić information content (AvgIpc) is 2.89. The molecule has 9 heteroatoms. The van der Waals surface area contributed by atoms with Crippen LogP contribution in [0.4, 0.5) is 26.3 Å². The number of halogens is 7. The van der Waals surface area contributed by atoms with Crippen molar-refractivity contribution in [3.63, 3.8) is 0 Å². The van der Waals surface area contributed by atoms with Crippen LogP contribution < -0.4 is 5.73 Å². The number of alkyl halides is 6.